The standard InChI is InChI=1S/C11H12Br2N4/c1-17-10(11(13)15-16-17)9(14)6-7-2-4-8(12)5-3-7/h2-5,9H,6,14H2,1H3. The van der Waals surface area contributed by atoms with Crippen LogP contribution >= 0.6 is 31.9 Å². The molecule has 0 bridgehead atoms. The van der Waals surface area contributed by atoms with E-state index in [0.29, 0.717) is 4.60 Å². The van der Waals surface area contributed by atoms with Gasteiger partial charge in [0.05, 0.1) is 11.7 Å². The summed E-state index contributed by atoms with van der Waals surface area (Å²) in [4.78, 5) is 0. The highest BCUT2D eigenvalue weighted by Gasteiger charge is 2.16. The van der Waals surface area contributed by atoms with Crippen LogP contribution in [0.4, 0.5) is 0 Å². The van der Waals surface area contributed by atoms with Gasteiger partial charge >= 0.3 is 0 Å². The first-order chi connectivity index (χ1) is 8.08. The van der Waals surface area contributed by atoms with E-state index in [1.165, 1.54) is 5.56 Å². The van der Waals surface area contributed by atoms with Gasteiger partial charge in [-0.25, -0.2) is 4.68 Å². The average Bonchev–Trinajstić information content (AvgIpc) is 2.62. The van der Waals surface area contributed by atoms with Crippen molar-refractivity contribution in [2.45, 2.75) is 12.5 Å². The lowest BCUT2D eigenvalue weighted by Crippen LogP contribution is -2.17. The minimum Gasteiger partial charge on any atom is -0.322 e. The van der Waals surface area contributed by atoms with Gasteiger partial charge in [0.1, 0.15) is 0 Å². The molecule has 17 heavy (non-hydrogen) atoms. The van der Waals surface area contributed by atoms with E-state index >= 15 is 0 Å². The molecule has 1 heterocycles. The van der Waals surface area contributed by atoms with Gasteiger partial charge in [-0.05, 0) is 40.0 Å². The summed E-state index contributed by atoms with van der Waals surface area (Å²) >= 11 is 6.77. The van der Waals surface area contributed by atoms with Gasteiger partial charge in [-0.2, -0.15) is 0 Å². The second-order valence-electron chi connectivity index (χ2n) is 3.83. The van der Waals surface area contributed by atoms with Gasteiger partial charge in [0, 0.05) is 11.5 Å². The molecule has 0 saturated heterocycles. The first-order valence-electron chi connectivity index (χ1n) is 5.13. The Bertz CT molecular complexity index is 487. The molecular weight excluding hydrogens is 348 g/mol. The Morgan fingerprint density at radius 2 is 1.94 bits per heavy atom. The van der Waals surface area contributed by atoms with E-state index in [-0.39, 0.29) is 6.04 Å². The minimum absolute atomic E-state index is 0.120. The second kappa shape index (κ2) is 5.29. The van der Waals surface area contributed by atoms with E-state index in [0.717, 1.165) is 16.6 Å². The molecule has 0 spiro atoms. The van der Waals surface area contributed by atoms with Gasteiger partial charge in [-0.15, -0.1) is 5.10 Å². The molecule has 90 valence electrons. The summed E-state index contributed by atoms with van der Waals surface area (Å²) < 4.78 is 3.48. The van der Waals surface area contributed by atoms with Crippen molar-refractivity contribution in [2.75, 3.05) is 0 Å². The number of halogens is 2. The smallest absolute Gasteiger partial charge is 0.153 e. The average molecular weight is 360 g/mol. The van der Waals surface area contributed by atoms with Crippen LogP contribution < -0.4 is 5.73 Å². The first-order valence-corrected chi connectivity index (χ1v) is 6.71. The Morgan fingerprint density at radius 3 is 2.47 bits per heavy atom. The molecular formula is C11H12Br2N4. The SMILES string of the molecule is Cn1nnc(Br)c1C(N)Cc1ccc(Br)cc1. The van der Waals surface area contributed by atoms with Crippen molar-refractivity contribution >= 4 is 31.9 Å². The van der Waals surface area contributed by atoms with Crippen molar-refractivity contribution in [3.05, 3.63) is 44.6 Å². The maximum Gasteiger partial charge on any atom is 0.153 e. The highest BCUT2D eigenvalue weighted by molar-refractivity contribution is 9.10. The Morgan fingerprint density at radius 1 is 1.29 bits per heavy atom. The highest BCUT2D eigenvalue weighted by atomic mass is 79.9. The molecule has 1 aromatic carbocycles. The molecule has 0 fully saturated rings. The molecule has 6 heteroatoms. The van der Waals surface area contributed by atoms with Crippen LogP contribution in [0.15, 0.2) is 33.3 Å². The molecule has 2 N–H and O–H groups in total. The fourth-order valence-corrected chi connectivity index (χ4v) is 2.59. The number of nitrogens with two attached hydrogens (primary N) is 1. The number of hydrogen-bond donors (Lipinski definition) is 1. The van der Waals surface area contributed by atoms with E-state index in [4.69, 9.17) is 5.73 Å². The monoisotopic (exact) mass is 358 g/mol. The van der Waals surface area contributed by atoms with Crippen molar-refractivity contribution in [1.29, 1.82) is 0 Å². The normalized spacial score (nSPS) is 12.7. The van der Waals surface area contributed by atoms with Crippen LogP contribution in [0.3, 0.4) is 0 Å². The van der Waals surface area contributed by atoms with Crippen LogP contribution in [0.25, 0.3) is 0 Å². The van der Waals surface area contributed by atoms with Crippen molar-refractivity contribution in [1.82, 2.24) is 15.0 Å². The lowest BCUT2D eigenvalue weighted by atomic mass is 10.0. The molecule has 4 nitrogen and oxygen atoms in total. The summed E-state index contributed by atoms with van der Waals surface area (Å²) in [5, 5.41) is 7.86. The van der Waals surface area contributed by atoms with Crippen LogP contribution in [-0.2, 0) is 13.5 Å². The fourth-order valence-electron chi connectivity index (χ4n) is 1.70. The Hall–Kier alpha value is -0.720. The molecule has 0 saturated carbocycles. The van der Waals surface area contributed by atoms with Crippen LogP contribution in [-0.4, -0.2) is 15.0 Å². The van der Waals surface area contributed by atoms with Crippen LogP contribution in [0.2, 0.25) is 0 Å². The summed E-state index contributed by atoms with van der Waals surface area (Å²) in [7, 11) is 1.84. The van der Waals surface area contributed by atoms with Gasteiger partial charge in [0.2, 0.25) is 0 Å². The summed E-state index contributed by atoms with van der Waals surface area (Å²) in [6, 6.07) is 8.02. The zero-order valence-corrected chi connectivity index (χ0v) is 12.4. The number of aryl methyl sites for hydroxylation is 1. The lowest BCUT2D eigenvalue weighted by molar-refractivity contribution is 0.606. The number of benzene rings is 1. The van der Waals surface area contributed by atoms with Crippen LogP contribution in [0, 0.1) is 0 Å². The van der Waals surface area contributed by atoms with E-state index in [9.17, 15) is 0 Å². The predicted molar refractivity (Wildman–Crippen MR) is 73.5 cm³/mol. The van der Waals surface area contributed by atoms with Gasteiger partial charge in [-0.3, -0.25) is 0 Å². The molecule has 2 rings (SSSR count). The number of rotatable bonds is 3. The zero-order chi connectivity index (χ0) is 12.4. The van der Waals surface area contributed by atoms with Gasteiger partial charge in [0.25, 0.3) is 0 Å². The molecule has 0 aliphatic heterocycles. The molecule has 0 aliphatic carbocycles. The largest absolute Gasteiger partial charge is 0.322 e. The summed E-state index contributed by atoms with van der Waals surface area (Å²) in [6.45, 7) is 0. The van der Waals surface area contributed by atoms with Crippen LogP contribution in [0.1, 0.15) is 17.3 Å². The summed E-state index contributed by atoms with van der Waals surface area (Å²) in [6.07, 6.45) is 0.757. The molecule has 1 atom stereocenters. The summed E-state index contributed by atoms with van der Waals surface area (Å²) in [5.41, 5.74) is 8.27. The van der Waals surface area contributed by atoms with Gasteiger partial charge in [-0.1, -0.05) is 33.3 Å². The predicted octanol–water partition coefficient (Wildman–Crippen LogP) is 2.58. The van der Waals surface area contributed by atoms with Crippen molar-refractivity contribution < 1.29 is 0 Å². The molecule has 0 aliphatic rings. The zero-order valence-electron chi connectivity index (χ0n) is 9.27. The van der Waals surface area contributed by atoms with E-state index in [1.807, 2.05) is 19.2 Å². The Labute approximate surface area is 116 Å². The minimum atomic E-state index is -0.120. The Kier molecular flexibility index (Phi) is 3.96. The molecule has 2 aromatic rings. The Balaban J connectivity index is 2.17. The number of aromatic nitrogens is 3. The van der Waals surface area contributed by atoms with Gasteiger partial charge < -0.3 is 5.73 Å². The molecule has 0 radical (unpaired) electrons. The molecule has 1 unspecified atom stereocenters. The maximum absolute atomic E-state index is 6.17. The maximum atomic E-state index is 6.17. The van der Waals surface area contributed by atoms with Gasteiger partial charge in [0.15, 0.2) is 4.60 Å². The van der Waals surface area contributed by atoms with E-state index in [1.54, 1.807) is 4.68 Å². The third-order valence-electron chi connectivity index (χ3n) is 2.55. The quantitative estimate of drug-likeness (QED) is 0.916. The highest BCUT2D eigenvalue weighted by Crippen LogP contribution is 2.22. The third kappa shape index (κ3) is 2.94. The first kappa shape index (κ1) is 12.7. The van der Waals surface area contributed by atoms with Crippen molar-refractivity contribution in [3.8, 4) is 0 Å². The van der Waals surface area contributed by atoms with E-state index in [2.05, 4.69) is 54.3 Å². The topological polar surface area (TPSA) is 56.7 Å². The number of hydrogen-bond acceptors (Lipinski definition) is 3. The van der Waals surface area contributed by atoms with Crippen LogP contribution in [0.5, 0.6) is 0 Å². The number of nitrogens with zero attached hydrogens (tertiary/aromatic N) is 3. The van der Waals surface area contributed by atoms with Crippen molar-refractivity contribution in [3.63, 3.8) is 0 Å². The molecule has 0 amide bonds. The van der Waals surface area contributed by atoms with E-state index < -0.39 is 0 Å². The lowest BCUT2D eigenvalue weighted by Gasteiger charge is -2.12. The third-order valence-corrected chi connectivity index (χ3v) is 3.64. The second-order valence-corrected chi connectivity index (χ2v) is 5.49. The van der Waals surface area contributed by atoms with Crippen molar-refractivity contribution in [2.24, 2.45) is 12.8 Å². The molecule has 1 aromatic heterocycles. The summed E-state index contributed by atoms with van der Waals surface area (Å²) in [5.74, 6) is 0. The fraction of sp³-hybridized carbons (Fsp3) is 0.273.